The Morgan fingerprint density at radius 1 is 1.54 bits per heavy atom. The summed E-state index contributed by atoms with van der Waals surface area (Å²) < 4.78 is 1.58. The second kappa shape index (κ2) is 2.74. The summed E-state index contributed by atoms with van der Waals surface area (Å²) in [4.78, 5) is 14.1. The van der Waals surface area contributed by atoms with Crippen LogP contribution in [-0.2, 0) is 0 Å². The summed E-state index contributed by atoms with van der Waals surface area (Å²) in [5.74, 6) is -1.29. The van der Waals surface area contributed by atoms with Crippen molar-refractivity contribution in [2.24, 2.45) is 0 Å². The minimum absolute atomic E-state index is 0.0951. The highest BCUT2D eigenvalue weighted by Crippen LogP contribution is 2.14. The lowest BCUT2D eigenvalue weighted by molar-refractivity contribution is -0.255. The number of rotatable bonds is 1. The van der Waals surface area contributed by atoms with Gasteiger partial charge in [0.2, 0.25) is 0 Å². The molecule has 2 aromatic heterocycles. The van der Waals surface area contributed by atoms with Gasteiger partial charge in [0.15, 0.2) is 0 Å². The van der Waals surface area contributed by atoms with E-state index in [-0.39, 0.29) is 5.69 Å². The summed E-state index contributed by atoms with van der Waals surface area (Å²) in [5, 5.41) is 10.9. The summed E-state index contributed by atoms with van der Waals surface area (Å²) >= 11 is 5.76. The highest BCUT2D eigenvalue weighted by atomic mass is 35.5. The molecule has 2 aromatic rings. The number of carbonyl (C=O) groups excluding carboxylic acids is 1. The SMILES string of the molecule is O=C([O-])c1cc2ccc(Cl)n2cn1. The predicted molar refractivity (Wildman–Crippen MR) is 44.5 cm³/mol. The number of hydrogen-bond donors (Lipinski definition) is 0. The minimum atomic E-state index is -1.29. The minimum Gasteiger partial charge on any atom is -0.543 e. The monoisotopic (exact) mass is 195 g/mol. The summed E-state index contributed by atoms with van der Waals surface area (Å²) in [7, 11) is 0. The molecule has 2 heterocycles. The average molecular weight is 196 g/mol. The Hall–Kier alpha value is -1.55. The molecule has 0 saturated heterocycles. The lowest BCUT2D eigenvalue weighted by Gasteiger charge is -2.01. The first-order valence-electron chi connectivity index (χ1n) is 3.52. The zero-order chi connectivity index (χ0) is 9.42. The zero-order valence-corrected chi connectivity index (χ0v) is 7.15. The van der Waals surface area contributed by atoms with Gasteiger partial charge < -0.3 is 9.90 Å². The van der Waals surface area contributed by atoms with Crippen LogP contribution in [0.2, 0.25) is 5.15 Å². The largest absolute Gasteiger partial charge is 0.543 e. The number of hydrogen-bond acceptors (Lipinski definition) is 3. The van der Waals surface area contributed by atoms with Gasteiger partial charge in [-0.05, 0) is 18.2 Å². The van der Waals surface area contributed by atoms with Gasteiger partial charge in [0.1, 0.15) is 11.5 Å². The summed E-state index contributed by atoms with van der Waals surface area (Å²) in [5.41, 5.74) is 0.585. The van der Waals surface area contributed by atoms with Crippen molar-refractivity contribution < 1.29 is 9.90 Å². The van der Waals surface area contributed by atoms with Crippen LogP contribution in [0, 0.1) is 0 Å². The lowest BCUT2D eigenvalue weighted by Crippen LogP contribution is -2.23. The molecule has 5 heteroatoms. The van der Waals surface area contributed by atoms with Gasteiger partial charge in [-0.3, -0.25) is 4.40 Å². The van der Waals surface area contributed by atoms with E-state index in [1.165, 1.54) is 12.4 Å². The fourth-order valence-corrected chi connectivity index (χ4v) is 1.29. The molecule has 0 saturated carbocycles. The van der Waals surface area contributed by atoms with Crippen molar-refractivity contribution in [3.63, 3.8) is 0 Å². The predicted octanol–water partition coefficient (Wildman–Crippen LogP) is 0.351. The fourth-order valence-electron chi connectivity index (χ4n) is 1.09. The van der Waals surface area contributed by atoms with Gasteiger partial charge in [0.25, 0.3) is 0 Å². The Kier molecular flexibility index (Phi) is 1.70. The highest BCUT2D eigenvalue weighted by Gasteiger charge is 2.01. The number of halogens is 1. The van der Waals surface area contributed by atoms with Gasteiger partial charge in [-0.15, -0.1) is 0 Å². The summed E-state index contributed by atoms with van der Waals surface area (Å²) in [6, 6.07) is 4.77. The molecule has 0 aliphatic heterocycles. The molecule has 0 bridgehead atoms. The maximum Gasteiger partial charge on any atom is 0.114 e. The molecule has 2 rings (SSSR count). The molecular formula is C8H4ClN2O2-. The standard InChI is InChI=1S/C8H5ClN2O2/c9-7-2-1-5-3-6(8(12)13)10-4-11(5)7/h1-4H,(H,12,13)/p-1. The van der Waals surface area contributed by atoms with E-state index in [2.05, 4.69) is 4.98 Å². The number of carboxylic acid groups (broad SMARTS) is 1. The topological polar surface area (TPSA) is 57.4 Å². The number of nitrogens with zero attached hydrogens (tertiary/aromatic N) is 2. The third-order valence-electron chi connectivity index (χ3n) is 1.71. The van der Waals surface area contributed by atoms with Crippen LogP contribution in [0.25, 0.3) is 5.52 Å². The molecule has 0 unspecified atom stereocenters. The van der Waals surface area contributed by atoms with Crippen molar-refractivity contribution in [1.82, 2.24) is 9.38 Å². The molecule has 0 atom stereocenters. The molecule has 4 nitrogen and oxygen atoms in total. The molecule has 13 heavy (non-hydrogen) atoms. The van der Waals surface area contributed by atoms with Crippen molar-refractivity contribution in [2.75, 3.05) is 0 Å². The molecule has 0 amide bonds. The van der Waals surface area contributed by atoms with Gasteiger partial charge >= 0.3 is 0 Å². The molecule has 0 fully saturated rings. The number of aromatic nitrogens is 2. The van der Waals surface area contributed by atoms with Gasteiger partial charge in [-0.25, -0.2) is 4.98 Å². The van der Waals surface area contributed by atoms with Crippen LogP contribution in [0.1, 0.15) is 10.5 Å². The van der Waals surface area contributed by atoms with Crippen molar-refractivity contribution >= 4 is 23.1 Å². The van der Waals surface area contributed by atoms with Crippen LogP contribution in [0.4, 0.5) is 0 Å². The van der Waals surface area contributed by atoms with E-state index in [1.807, 2.05) is 0 Å². The number of aromatic carboxylic acids is 1. The van der Waals surface area contributed by atoms with Gasteiger partial charge in [-0.1, -0.05) is 11.6 Å². The third kappa shape index (κ3) is 1.25. The molecular weight excluding hydrogens is 192 g/mol. The van der Waals surface area contributed by atoms with Crippen molar-refractivity contribution in [1.29, 1.82) is 0 Å². The Bertz CT molecular complexity index is 478. The van der Waals surface area contributed by atoms with Gasteiger partial charge in [-0.2, -0.15) is 0 Å². The van der Waals surface area contributed by atoms with E-state index < -0.39 is 5.97 Å². The van der Waals surface area contributed by atoms with Gasteiger partial charge in [0.05, 0.1) is 17.2 Å². The fraction of sp³-hybridized carbons (Fsp3) is 0. The molecule has 0 aromatic carbocycles. The Labute approximate surface area is 78.4 Å². The van der Waals surface area contributed by atoms with E-state index >= 15 is 0 Å². The van der Waals surface area contributed by atoms with Crippen LogP contribution in [0.15, 0.2) is 24.5 Å². The Morgan fingerprint density at radius 3 is 3.00 bits per heavy atom. The third-order valence-corrected chi connectivity index (χ3v) is 2.01. The van der Waals surface area contributed by atoms with Crippen molar-refractivity contribution in [2.45, 2.75) is 0 Å². The zero-order valence-electron chi connectivity index (χ0n) is 6.40. The molecule has 0 aliphatic carbocycles. The smallest absolute Gasteiger partial charge is 0.114 e. The first-order chi connectivity index (χ1) is 6.18. The number of carboxylic acids is 1. The maximum atomic E-state index is 10.4. The van der Waals surface area contributed by atoms with Crippen LogP contribution < -0.4 is 5.11 Å². The number of carbonyl (C=O) groups is 1. The second-order valence-corrected chi connectivity index (χ2v) is 2.90. The quantitative estimate of drug-likeness (QED) is 0.660. The highest BCUT2D eigenvalue weighted by molar-refractivity contribution is 6.30. The van der Waals surface area contributed by atoms with Crippen LogP contribution in [0.5, 0.6) is 0 Å². The number of fused-ring (bicyclic) bond motifs is 1. The second-order valence-electron chi connectivity index (χ2n) is 2.51. The van der Waals surface area contributed by atoms with Crippen molar-refractivity contribution in [3.8, 4) is 0 Å². The Balaban J connectivity index is 2.70. The van der Waals surface area contributed by atoms with E-state index in [9.17, 15) is 9.90 Å². The van der Waals surface area contributed by atoms with E-state index in [0.29, 0.717) is 10.7 Å². The van der Waals surface area contributed by atoms with E-state index in [0.717, 1.165) is 0 Å². The van der Waals surface area contributed by atoms with Crippen LogP contribution in [-0.4, -0.2) is 15.4 Å². The summed E-state index contributed by atoms with van der Waals surface area (Å²) in [6.45, 7) is 0. The molecule has 0 N–H and O–H groups in total. The first-order valence-corrected chi connectivity index (χ1v) is 3.90. The molecule has 0 radical (unpaired) electrons. The van der Waals surface area contributed by atoms with Crippen LogP contribution in [0.3, 0.4) is 0 Å². The summed E-state index contributed by atoms with van der Waals surface area (Å²) in [6.07, 6.45) is 1.35. The van der Waals surface area contributed by atoms with E-state index in [4.69, 9.17) is 11.6 Å². The molecule has 0 spiro atoms. The van der Waals surface area contributed by atoms with Crippen molar-refractivity contribution in [3.05, 3.63) is 35.4 Å². The molecule has 0 aliphatic rings. The maximum absolute atomic E-state index is 10.4. The average Bonchev–Trinajstić information content (AvgIpc) is 2.47. The van der Waals surface area contributed by atoms with Gasteiger partial charge in [0, 0.05) is 0 Å². The van der Waals surface area contributed by atoms with E-state index in [1.54, 1.807) is 16.5 Å². The lowest BCUT2D eigenvalue weighted by atomic mass is 10.3. The normalized spacial score (nSPS) is 10.5. The molecule has 66 valence electrons. The first kappa shape index (κ1) is 8.07. The Morgan fingerprint density at radius 2 is 2.31 bits per heavy atom. The van der Waals surface area contributed by atoms with Crippen LogP contribution >= 0.6 is 11.6 Å².